The first kappa shape index (κ1) is 16.6. The van der Waals surface area contributed by atoms with E-state index in [-0.39, 0.29) is 11.3 Å². The maximum Gasteiger partial charge on any atom is 0.308 e. The van der Waals surface area contributed by atoms with E-state index in [9.17, 15) is 14.4 Å². The number of aryl methyl sites for hydroxylation is 1. The zero-order valence-corrected chi connectivity index (χ0v) is 14.0. The van der Waals surface area contributed by atoms with E-state index in [1.165, 1.54) is 19.9 Å². The van der Waals surface area contributed by atoms with Crippen molar-refractivity contribution in [2.24, 2.45) is 0 Å². The number of nitrogens with zero attached hydrogens (tertiary/aromatic N) is 1. The Balaban J connectivity index is 2.26. The molecule has 0 aliphatic heterocycles. The summed E-state index contributed by atoms with van der Waals surface area (Å²) in [5.41, 5.74) is 1.73. The van der Waals surface area contributed by atoms with Crippen molar-refractivity contribution in [2.75, 3.05) is 0 Å². The minimum atomic E-state index is -0.470. The van der Waals surface area contributed by atoms with Crippen LogP contribution in [0.15, 0.2) is 41.2 Å². The van der Waals surface area contributed by atoms with E-state index in [0.717, 1.165) is 0 Å². The van der Waals surface area contributed by atoms with Crippen LogP contribution < -0.4 is 10.3 Å². The average molecular weight is 336 g/mol. The number of Topliss-reactive ketones (excluding diaryl/α,β-unsaturated/α-hetero) is 1. The highest BCUT2D eigenvalue weighted by Gasteiger charge is 2.17. The lowest BCUT2D eigenvalue weighted by molar-refractivity contribution is -0.131. The molecule has 0 radical (unpaired) electrons. The topological polar surface area (TPSA) is 89.1 Å². The molecule has 126 valence electrons. The van der Waals surface area contributed by atoms with Crippen LogP contribution in [0, 0.1) is 6.92 Å². The van der Waals surface area contributed by atoms with Gasteiger partial charge in [0.2, 0.25) is 0 Å². The third-order valence-electron chi connectivity index (χ3n) is 3.82. The Labute approximate surface area is 143 Å². The number of ether oxygens (including phenoxy) is 1. The Bertz CT molecular complexity index is 1070. The summed E-state index contributed by atoms with van der Waals surface area (Å²) in [6.45, 7) is 4.46. The molecule has 0 saturated carbocycles. The lowest BCUT2D eigenvalue weighted by Crippen LogP contribution is -2.11. The maximum atomic E-state index is 12.3. The summed E-state index contributed by atoms with van der Waals surface area (Å²) in [4.78, 5) is 42.8. The van der Waals surface area contributed by atoms with Crippen molar-refractivity contribution < 1.29 is 14.3 Å². The summed E-state index contributed by atoms with van der Waals surface area (Å²) in [6, 6.07) is 10.2. The van der Waals surface area contributed by atoms with Crippen LogP contribution in [0.5, 0.6) is 5.75 Å². The average Bonchev–Trinajstić information content (AvgIpc) is 2.55. The van der Waals surface area contributed by atoms with Crippen LogP contribution >= 0.6 is 0 Å². The number of benzene rings is 2. The fraction of sp³-hybridized carbons (Fsp3) is 0.158. The molecule has 3 rings (SSSR count). The van der Waals surface area contributed by atoms with Gasteiger partial charge in [-0.15, -0.1) is 0 Å². The molecule has 3 aromatic rings. The molecule has 0 bridgehead atoms. The molecule has 1 N–H and O–H groups in total. The molecule has 1 heterocycles. The van der Waals surface area contributed by atoms with E-state index in [2.05, 4.69) is 9.97 Å². The SMILES string of the molecule is CC(=O)Oc1cc(C(C)=O)c(-c2nc3ccccc3c(=O)[nH]2)cc1C. The summed E-state index contributed by atoms with van der Waals surface area (Å²) in [5, 5.41) is 0.476. The van der Waals surface area contributed by atoms with Crippen molar-refractivity contribution in [3.8, 4) is 17.1 Å². The summed E-state index contributed by atoms with van der Waals surface area (Å²) in [7, 11) is 0. The Morgan fingerprint density at radius 1 is 1.12 bits per heavy atom. The first-order chi connectivity index (χ1) is 11.9. The number of hydrogen-bond acceptors (Lipinski definition) is 5. The third kappa shape index (κ3) is 3.19. The normalized spacial score (nSPS) is 10.7. The van der Waals surface area contributed by atoms with Gasteiger partial charge >= 0.3 is 5.97 Å². The predicted octanol–water partition coefficient (Wildman–Crippen LogP) is 3.03. The van der Waals surface area contributed by atoms with Crippen LogP contribution in [0.3, 0.4) is 0 Å². The molecule has 0 spiro atoms. The molecule has 0 fully saturated rings. The Kier molecular flexibility index (Phi) is 4.19. The Morgan fingerprint density at radius 3 is 2.52 bits per heavy atom. The van der Waals surface area contributed by atoms with Gasteiger partial charge in [0.25, 0.3) is 5.56 Å². The van der Waals surface area contributed by atoms with Gasteiger partial charge in [-0.1, -0.05) is 12.1 Å². The van der Waals surface area contributed by atoms with Crippen molar-refractivity contribution in [2.45, 2.75) is 20.8 Å². The molecule has 6 heteroatoms. The van der Waals surface area contributed by atoms with Gasteiger partial charge in [0.05, 0.1) is 10.9 Å². The molecule has 0 amide bonds. The van der Waals surface area contributed by atoms with Crippen LogP contribution in [-0.2, 0) is 4.79 Å². The molecule has 0 aliphatic rings. The number of aromatic nitrogens is 2. The third-order valence-corrected chi connectivity index (χ3v) is 3.82. The second kappa shape index (κ2) is 6.32. The van der Waals surface area contributed by atoms with Crippen molar-refractivity contribution in [3.63, 3.8) is 0 Å². The van der Waals surface area contributed by atoms with E-state index in [1.807, 2.05) is 0 Å². The number of aromatic amines is 1. The quantitative estimate of drug-likeness (QED) is 0.451. The lowest BCUT2D eigenvalue weighted by atomic mass is 10.00. The van der Waals surface area contributed by atoms with E-state index in [4.69, 9.17) is 4.74 Å². The molecule has 1 aromatic heterocycles. The summed E-state index contributed by atoms with van der Waals surface area (Å²) < 4.78 is 5.14. The monoisotopic (exact) mass is 336 g/mol. The molecule has 0 saturated heterocycles. The number of nitrogens with one attached hydrogen (secondary N) is 1. The molecular formula is C19H16N2O4. The second-order valence-electron chi connectivity index (χ2n) is 5.74. The molecular weight excluding hydrogens is 320 g/mol. The second-order valence-corrected chi connectivity index (χ2v) is 5.74. The largest absolute Gasteiger partial charge is 0.426 e. The smallest absolute Gasteiger partial charge is 0.308 e. The summed E-state index contributed by atoms with van der Waals surface area (Å²) in [6.07, 6.45) is 0. The van der Waals surface area contributed by atoms with Crippen LogP contribution in [0.4, 0.5) is 0 Å². The van der Waals surface area contributed by atoms with Gasteiger partial charge in [0.15, 0.2) is 5.78 Å². The highest BCUT2D eigenvalue weighted by atomic mass is 16.5. The molecule has 0 atom stereocenters. The van der Waals surface area contributed by atoms with Crippen molar-refractivity contribution >= 4 is 22.7 Å². The standard InChI is InChI=1S/C19H16N2O4/c1-10-8-15(14(11(2)22)9-17(10)25-12(3)23)18-20-16-7-5-4-6-13(16)19(24)21-18/h4-9H,1-3H3,(H,20,21,24). The summed E-state index contributed by atoms with van der Waals surface area (Å²) >= 11 is 0. The van der Waals surface area contributed by atoms with Crippen LogP contribution in [0.1, 0.15) is 29.8 Å². The highest BCUT2D eigenvalue weighted by Crippen LogP contribution is 2.29. The first-order valence-corrected chi connectivity index (χ1v) is 7.70. The number of fused-ring (bicyclic) bond motifs is 1. The van der Waals surface area contributed by atoms with Crippen molar-refractivity contribution in [1.29, 1.82) is 0 Å². The molecule has 0 aliphatic carbocycles. The summed E-state index contributed by atoms with van der Waals surface area (Å²) in [5.74, 6) is -0.0854. The molecule has 6 nitrogen and oxygen atoms in total. The molecule has 0 unspecified atom stereocenters. The number of hydrogen-bond donors (Lipinski definition) is 1. The Hall–Kier alpha value is -3.28. The highest BCUT2D eigenvalue weighted by molar-refractivity contribution is 6.01. The molecule has 2 aromatic carbocycles. The van der Waals surface area contributed by atoms with Crippen LogP contribution in [-0.4, -0.2) is 21.7 Å². The zero-order valence-electron chi connectivity index (χ0n) is 14.0. The van der Waals surface area contributed by atoms with E-state index in [0.29, 0.717) is 39.2 Å². The van der Waals surface area contributed by atoms with Gasteiger partial charge < -0.3 is 9.72 Å². The zero-order chi connectivity index (χ0) is 18.1. The van der Waals surface area contributed by atoms with Crippen LogP contribution in [0.2, 0.25) is 0 Å². The predicted molar refractivity (Wildman–Crippen MR) is 93.9 cm³/mol. The van der Waals surface area contributed by atoms with Gasteiger partial charge in [-0.25, -0.2) is 4.98 Å². The van der Waals surface area contributed by atoms with Gasteiger partial charge in [0, 0.05) is 18.1 Å². The first-order valence-electron chi connectivity index (χ1n) is 7.70. The fourth-order valence-corrected chi connectivity index (χ4v) is 2.65. The van der Waals surface area contributed by atoms with Crippen LogP contribution in [0.25, 0.3) is 22.3 Å². The van der Waals surface area contributed by atoms with Gasteiger partial charge in [-0.2, -0.15) is 0 Å². The number of H-pyrrole nitrogens is 1. The molecule has 25 heavy (non-hydrogen) atoms. The van der Waals surface area contributed by atoms with Crippen molar-refractivity contribution in [1.82, 2.24) is 9.97 Å². The fourth-order valence-electron chi connectivity index (χ4n) is 2.65. The van der Waals surface area contributed by atoms with E-state index in [1.54, 1.807) is 37.3 Å². The van der Waals surface area contributed by atoms with E-state index < -0.39 is 5.97 Å². The number of para-hydroxylation sites is 1. The van der Waals surface area contributed by atoms with Gasteiger partial charge in [0.1, 0.15) is 11.6 Å². The number of carbonyl (C=O) groups is 2. The number of rotatable bonds is 3. The number of esters is 1. The van der Waals surface area contributed by atoms with Crippen molar-refractivity contribution in [3.05, 3.63) is 57.9 Å². The number of carbonyl (C=O) groups excluding carboxylic acids is 2. The minimum Gasteiger partial charge on any atom is -0.426 e. The van der Waals surface area contributed by atoms with Gasteiger partial charge in [-0.05, 0) is 43.7 Å². The van der Waals surface area contributed by atoms with Gasteiger partial charge in [-0.3, -0.25) is 14.4 Å². The maximum absolute atomic E-state index is 12.3. The minimum absolute atomic E-state index is 0.223. The number of ketones is 1. The lowest BCUT2D eigenvalue weighted by Gasteiger charge is -2.12. The van der Waals surface area contributed by atoms with E-state index >= 15 is 0 Å². The Morgan fingerprint density at radius 2 is 1.84 bits per heavy atom.